The molecule has 144 valence electrons. The lowest BCUT2D eigenvalue weighted by atomic mass is 10.1. The molecule has 2 aromatic carbocycles. The maximum absolute atomic E-state index is 12.7. The van der Waals surface area contributed by atoms with Crippen LogP contribution in [-0.4, -0.2) is 16.9 Å². The first-order valence-electron chi connectivity index (χ1n) is 8.61. The van der Waals surface area contributed by atoms with E-state index in [1.54, 1.807) is 48.5 Å². The number of phenols is 1. The number of carbonyl (C=O) groups is 2. The van der Waals surface area contributed by atoms with Gasteiger partial charge in [-0.1, -0.05) is 35.9 Å². The summed E-state index contributed by atoms with van der Waals surface area (Å²) in [6, 6.07) is 15.0. The average molecular weight is 415 g/mol. The molecule has 0 spiro atoms. The van der Waals surface area contributed by atoms with Crippen molar-refractivity contribution in [2.75, 3.05) is 5.32 Å². The lowest BCUT2D eigenvalue weighted by Crippen LogP contribution is -2.26. The largest absolute Gasteiger partial charge is 0.508 e. The van der Waals surface area contributed by atoms with Gasteiger partial charge in [0.05, 0.1) is 26.5 Å². The van der Waals surface area contributed by atoms with Gasteiger partial charge in [0.25, 0.3) is 11.8 Å². The van der Waals surface area contributed by atoms with Crippen molar-refractivity contribution in [3.63, 3.8) is 0 Å². The zero-order valence-corrected chi connectivity index (χ0v) is 16.9. The molecule has 0 aliphatic carbocycles. The molecule has 0 aliphatic heterocycles. The van der Waals surface area contributed by atoms with Crippen LogP contribution in [0.15, 0.2) is 54.6 Å². The standard InChI is InChI=1S/C21H19ClN2O3S/c1-12-10-18(24-20(26)16-8-3-4-9-17(16)22)28-19(12)21(27)23-13(2)14-6-5-7-15(25)11-14/h3-11,13,25H,1-2H3,(H,23,27)(H,24,26). The lowest BCUT2D eigenvalue weighted by Gasteiger charge is -2.14. The SMILES string of the molecule is Cc1cc(NC(=O)c2ccccc2Cl)sc1C(=O)NC(C)c1cccc(O)c1. The van der Waals surface area contributed by atoms with Gasteiger partial charge in [-0.15, -0.1) is 11.3 Å². The van der Waals surface area contributed by atoms with Crippen molar-refractivity contribution in [1.29, 1.82) is 0 Å². The quantitative estimate of drug-likeness (QED) is 0.539. The van der Waals surface area contributed by atoms with Crippen molar-refractivity contribution in [3.8, 4) is 5.75 Å². The summed E-state index contributed by atoms with van der Waals surface area (Å²) < 4.78 is 0. The van der Waals surface area contributed by atoms with Gasteiger partial charge < -0.3 is 15.7 Å². The number of aryl methyl sites for hydroxylation is 1. The number of nitrogens with one attached hydrogen (secondary N) is 2. The number of aromatic hydroxyl groups is 1. The van der Waals surface area contributed by atoms with E-state index in [1.807, 2.05) is 19.9 Å². The van der Waals surface area contributed by atoms with Gasteiger partial charge in [-0.3, -0.25) is 9.59 Å². The minimum Gasteiger partial charge on any atom is -0.508 e. The van der Waals surface area contributed by atoms with Gasteiger partial charge in [-0.05, 0) is 55.3 Å². The molecule has 0 fully saturated rings. The van der Waals surface area contributed by atoms with E-state index in [1.165, 1.54) is 11.3 Å². The molecule has 1 heterocycles. The van der Waals surface area contributed by atoms with Gasteiger partial charge in [0.1, 0.15) is 5.75 Å². The van der Waals surface area contributed by atoms with E-state index in [9.17, 15) is 14.7 Å². The van der Waals surface area contributed by atoms with Crippen LogP contribution in [0.1, 0.15) is 44.1 Å². The van der Waals surface area contributed by atoms with E-state index >= 15 is 0 Å². The first-order valence-corrected chi connectivity index (χ1v) is 9.80. The predicted octanol–water partition coefficient (Wildman–Crippen LogP) is 5.16. The number of hydrogen-bond acceptors (Lipinski definition) is 4. The molecule has 5 nitrogen and oxygen atoms in total. The summed E-state index contributed by atoms with van der Waals surface area (Å²) in [6.45, 7) is 3.66. The third kappa shape index (κ3) is 4.52. The third-order valence-corrected chi connectivity index (χ3v) is 5.68. The van der Waals surface area contributed by atoms with Gasteiger partial charge >= 0.3 is 0 Å². The summed E-state index contributed by atoms with van der Waals surface area (Å²) in [6.07, 6.45) is 0. The lowest BCUT2D eigenvalue weighted by molar-refractivity contribution is 0.0942. The summed E-state index contributed by atoms with van der Waals surface area (Å²) in [7, 11) is 0. The topological polar surface area (TPSA) is 78.4 Å². The van der Waals surface area contributed by atoms with Crippen LogP contribution in [-0.2, 0) is 0 Å². The van der Waals surface area contributed by atoms with Gasteiger partial charge in [-0.2, -0.15) is 0 Å². The van der Waals surface area contributed by atoms with E-state index in [-0.39, 0.29) is 23.6 Å². The molecule has 0 bridgehead atoms. The fourth-order valence-electron chi connectivity index (χ4n) is 2.73. The molecule has 0 saturated carbocycles. The minimum absolute atomic E-state index is 0.149. The van der Waals surface area contributed by atoms with Gasteiger partial charge in [0.15, 0.2) is 0 Å². The van der Waals surface area contributed by atoms with Crippen LogP contribution in [0.25, 0.3) is 0 Å². The highest BCUT2D eigenvalue weighted by atomic mass is 35.5. The number of phenolic OH excluding ortho intramolecular Hbond substituents is 1. The zero-order valence-electron chi connectivity index (χ0n) is 15.3. The Morgan fingerprint density at radius 2 is 1.82 bits per heavy atom. The Morgan fingerprint density at radius 1 is 1.07 bits per heavy atom. The maximum Gasteiger partial charge on any atom is 0.262 e. The number of benzene rings is 2. The van der Waals surface area contributed by atoms with Crippen LogP contribution in [0, 0.1) is 6.92 Å². The number of rotatable bonds is 5. The third-order valence-electron chi connectivity index (χ3n) is 4.20. The van der Waals surface area contributed by atoms with Crippen LogP contribution in [0.4, 0.5) is 5.00 Å². The summed E-state index contributed by atoms with van der Waals surface area (Å²) in [4.78, 5) is 25.6. The predicted molar refractivity (Wildman–Crippen MR) is 112 cm³/mol. The molecule has 3 N–H and O–H groups in total. The van der Waals surface area contributed by atoms with Crippen molar-refractivity contribution in [1.82, 2.24) is 5.32 Å². The maximum atomic E-state index is 12.7. The monoisotopic (exact) mass is 414 g/mol. The molecule has 0 saturated heterocycles. The van der Waals surface area contributed by atoms with E-state index in [0.717, 1.165) is 11.1 Å². The normalized spacial score (nSPS) is 11.7. The van der Waals surface area contributed by atoms with Crippen LogP contribution in [0.2, 0.25) is 5.02 Å². The Morgan fingerprint density at radius 3 is 2.54 bits per heavy atom. The van der Waals surface area contributed by atoms with Crippen LogP contribution in [0.3, 0.4) is 0 Å². The molecule has 1 atom stereocenters. The van der Waals surface area contributed by atoms with Crippen molar-refractivity contribution in [2.45, 2.75) is 19.9 Å². The van der Waals surface area contributed by atoms with E-state index in [0.29, 0.717) is 20.5 Å². The van der Waals surface area contributed by atoms with Gasteiger partial charge in [-0.25, -0.2) is 0 Å². The molecule has 2 amide bonds. The summed E-state index contributed by atoms with van der Waals surface area (Å²) >= 11 is 7.26. The van der Waals surface area contributed by atoms with Crippen molar-refractivity contribution in [3.05, 3.63) is 81.2 Å². The highest BCUT2D eigenvalue weighted by Crippen LogP contribution is 2.28. The number of hydrogen-bond donors (Lipinski definition) is 3. The molecule has 0 radical (unpaired) electrons. The molecule has 3 aromatic rings. The van der Waals surface area contributed by atoms with E-state index in [4.69, 9.17) is 11.6 Å². The first-order chi connectivity index (χ1) is 13.3. The highest BCUT2D eigenvalue weighted by molar-refractivity contribution is 7.18. The molecule has 3 rings (SSSR count). The number of thiophene rings is 1. The Bertz CT molecular complexity index is 1030. The van der Waals surface area contributed by atoms with Crippen LogP contribution in [0.5, 0.6) is 5.75 Å². The second-order valence-corrected chi connectivity index (χ2v) is 7.81. The highest BCUT2D eigenvalue weighted by Gasteiger charge is 2.18. The number of halogens is 1. The van der Waals surface area contributed by atoms with Gasteiger partial charge in [0.2, 0.25) is 0 Å². The molecule has 1 aromatic heterocycles. The van der Waals surface area contributed by atoms with Crippen molar-refractivity contribution >= 4 is 39.8 Å². The summed E-state index contributed by atoms with van der Waals surface area (Å²) in [5.41, 5.74) is 1.94. The van der Waals surface area contributed by atoms with Crippen molar-refractivity contribution < 1.29 is 14.7 Å². The average Bonchev–Trinajstić information content (AvgIpc) is 3.02. The Balaban J connectivity index is 1.72. The van der Waals surface area contributed by atoms with Crippen LogP contribution < -0.4 is 10.6 Å². The summed E-state index contributed by atoms with van der Waals surface area (Å²) in [5.74, 6) is -0.418. The van der Waals surface area contributed by atoms with Crippen LogP contribution >= 0.6 is 22.9 Å². The van der Waals surface area contributed by atoms with E-state index in [2.05, 4.69) is 10.6 Å². The Hall–Kier alpha value is -2.83. The summed E-state index contributed by atoms with van der Waals surface area (Å²) in [5, 5.41) is 16.2. The molecular weight excluding hydrogens is 396 g/mol. The number of carbonyl (C=O) groups excluding carboxylic acids is 2. The fraction of sp³-hybridized carbons (Fsp3) is 0.143. The van der Waals surface area contributed by atoms with Crippen molar-refractivity contribution in [2.24, 2.45) is 0 Å². The Labute approximate surface area is 172 Å². The van der Waals surface area contributed by atoms with E-state index < -0.39 is 0 Å². The molecule has 7 heteroatoms. The Kier molecular flexibility index (Phi) is 6.02. The number of anilines is 1. The molecule has 28 heavy (non-hydrogen) atoms. The minimum atomic E-state index is -0.327. The smallest absolute Gasteiger partial charge is 0.262 e. The fourth-order valence-corrected chi connectivity index (χ4v) is 3.93. The molecule has 0 aliphatic rings. The second kappa shape index (κ2) is 8.46. The number of amides is 2. The molecular formula is C21H19ClN2O3S. The first kappa shape index (κ1) is 19.9. The second-order valence-electron chi connectivity index (χ2n) is 6.35. The zero-order chi connectivity index (χ0) is 20.3. The molecule has 1 unspecified atom stereocenters. The van der Waals surface area contributed by atoms with Gasteiger partial charge in [0, 0.05) is 0 Å².